The standard InChI is InChI=1S/C18H28N2O4S/c1-18(2,3)24-17(21)20-13-8-12(13)19-10-11-7-14(22-4)15(23-5)9-16(11)25-6/h7,9,12-13,19H,8,10H2,1-6H3,(H,20,21). The first kappa shape index (κ1) is 19.7. The Bertz CT molecular complexity index is 616. The van der Waals surface area contributed by atoms with Crippen LogP contribution in [0.2, 0.25) is 0 Å². The molecule has 7 heteroatoms. The molecule has 25 heavy (non-hydrogen) atoms. The summed E-state index contributed by atoms with van der Waals surface area (Å²) in [5.41, 5.74) is 0.669. The number of carbonyl (C=O) groups excluding carboxylic acids is 1. The van der Waals surface area contributed by atoms with Gasteiger partial charge in [0.15, 0.2) is 11.5 Å². The number of ether oxygens (including phenoxy) is 3. The molecular weight excluding hydrogens is 340 g/mol. The van der Waals surface area contributed by atoms with Crippen molar-refractivity contribution in [2.75, 3.05) is 20.5 Å². The largest absolute Gasteiger partial charge is 0.493 e. The Morgan fingerprint density at radius 2 is 1.84 bits per heavy atom. The van der Waals surface area contributed by atoms with E-state index in [0.717, 1.165) is 28.4 Å². The van der Waals surface area contributed by atoms with Crippen LogP contribution in [0.5, 0.6) is 11.5 Å². The molecule has 0 heterocycles. The lowest BCUT2D eigenvalue weighted by Crippen LogP contribution is -2.36. The molecule has 0 bridgehead atoms. The summed E-state index contributed by atoms with van der Waals surface area (Å²) in [5, 5.41) is 6.37. The molecule has 1 aromatic rings. The van der Waals surface area contributed by atoms with E-state index in [0.29, 0.717) is 6.54 Å². The summed E-state index contributed by atoms with van der Waals surface area (Å²) in [5.74, 6) is 1.45. The van der Waals surface area contributed by atoms with Gasteiger partial charge in [0.25, 0.3) is 0 Å². The summed E-state index contributed by atoms with van der Waals surface area (Å²) < 4.78 is 16.0. The van der Waals surface area contributed by atoms with Crippen LogP contribution >= 0.6 is 11.8 Å². The van der Waals surface area contributed by atoms with Crippen molar-refractivity contribution in [3.63, 3.8) is 0 Å². The van der Waals surface area contributed by atoms with E-state index in [4.69, 9.17) is 14.2 Å². The smallest absolute Gasteiger partial charge is 0.407 e. The Kier molecular flexibility index (Phi) is 6.46. The monoisotopic (exact) mass is 368 g/mol. The van der Waals surface area contributed by atoms with Gasteiger partial charge in [-0.1, -0.05) is 0 Å². The molecule has 2 atom stereocenters. The van der Waals surface area contributed by atoms with Crippen molar-refractivity contribution in [3.05, 3.63) is 17.7 Å². The van der Waals surface area contributed by atoms with Crippen molar-refractivity contribution < 1.29 is 19.0 Å². The van der Waals surface area contributed by atoms with Gasteiger partial charge in [-0.3, -0.25) is 0 Å². The van der Waals surface area contributed by atoms with Gasteiger partial charge in [0.1, 0.15) is 5.60 Å². The van der Waals surface area contributed by atoms with Gasteiger partial charge in [-0.2, -0.15) is 0 Å². The van der Waals surface area contributed by atoms with Crippen LogP contribution in [-0.2, 0) is 11.3 Å². The lowest BCUT2D eigenvalue weighted by molar-refractivity contribution is 0.0522. The van der Waals surface area contributed by atoms with Gasteiger partial charge in [0.2, 0.25) is 0 Å². The zero-order valence-electron chi connectivity index (χ0n) is 15.8. The fourth-order valence-electron chi connectivity index (χ4n) is 2.51. The molecular formula is C18H28N2O4S. The molecule has 1 amide bonds. The number of carbonyl (C=O) groups is 1. The van der Waals surface area contributed by atoms with Crippen molar-refractivity contribution in [1.82, 2.24) is 10.6 Å². The topological polar surface area (TPSA) is 68.8 Å². The summed E-state index contributed by atoms with van der Waals surface area (Å²) in [6, 6.07) is 4.36. The zero-order chi connectivity index (χ0) is 18.6. The number of hydrogen-bond acceptors (Lipinski definition) is 6. The third-order valence-electron chi connectivity index (χ3n) is 3.83. The van der Waals surface area contributed by atoms with E-state index in [2.05, 4.69) is 10.6 Å². The molecule has 0 aromatic heterocycles. The van der Waals surface area contributed by atoms with E-state index in [-0.39, 0.29) is 18.2 Å². The maximum atomic E-state index is 11.8. The van der Waals surface area contributed by atoms with Crippen LogP contribution in [0.25, 0.3) is 0 Å². The number of methoxy groups -OCH3 is 2. The van der Waals surface area contributed by atoms with Crippen LogP contribution in [0.1, 0.15) is 32.8 Å². The second-order valence-electron chi connectivity index (χ2n) is 6.99. The van der Waals surface area contributed by atoms with Crippen LogP contribution in [0.4, 0.5) is 4.79 Å². The first-order valence-corrected chi connectivity index (χ1v) is 9.51. The minimum absolute atomic E-state index is 0.118. The summed E-state index contributed by atoms with van der Waals surface area (Å²) in [4.78, 5) is 12.9. The minimum atomic E-state index is -0.477. The maximum absolute atomic E-state index is 11.8. The van der Waals surface area contributed by atoms with Gasteiger partial charge < -0.3 is 24.8 Å². The molecule has 1 aliphatic carbocycles. The zero-order valence-corrected chi connectivity index (χ0v) is 16.6. The number of alkyl carbamates (subject to hydrolysis) is 1. The highest BCUT2D eigenvalue weighted by molar-refractivity contribution is 7.98. The number of rotatable bonds is 7. The van der Waals surface area contributed by atoms with E-state index in [1.54, 1.807) is 26.0 Å². The summed E-state index contributed by atoms with van der Waals surface area (Å²) in [6.45, 7) is 6.27. The van der Waals surface area contributed by atoms with Crippen LogP contribution in [0.3, 0.4) is 0 Å². The van der Waals surface area contributed by atoms with Gasteiger partial charge in [0.05, 0.1) is 14.2 Å². The summed E-state index contributed by atoms with van der Waals surface area (Å²) in [7, 11) is 3.27. The van der Waals surface area contributed by atoms with E-state index < -0.39 is 5.60 Å². The number of amides is 1. The van der Waals surface area contributed by atoms with Crippen LogP contribution in [-0.4, -0.2) is 44.3 Å². The maximum Gasteiger partial charge on any atom is 0.407 e. The second kappa shape index (κ2) is 8.19. The Balaban J connectivity index is 1.89. The fraction of sp³-hybridized carbons (Fsp3) is 0.611. The van der Waals surface area contributed by atoms with E-state index in [1.807, 2.05) is 39.2 Å². The predicted octanol–water partition coefficient (Wildman–Crippen LogP) is 3.18. The third kappa shape index (κ3) is 5.71. The minimum Gasteiger partial charge on any atom is -0.493 e. The Morgan fingerprint density at radius 1 is 1.20 bits per heavy atom. The van der Waals surface area contributed by atoms with E-state index in [1.165, 1.54) is 0 Å². The van der Waals surface area contributed by atoms with Gasteiger partial charge in [-0.05, 0) is 51.1 Å². The number of thioether (sulfide) groups is 1. The Labute approximate surface area is 154 Å². The average Bonchev–Trinajstić information content (AvgIpc) is 3.27. The van der Waals surface area contributed by atoms with Gasteiger partial charge in [-0.25, -0.2) is 4.79 Å². The van der Waals surface area contributed by atoms with Crippen molar-refractivity contribution in [3.8, 4) is 11.5 Å². The number of hydrogen-bond donors (Lipinski definition) is 2. The lowest BCUT2D eigenvalue weighted by atomic mass is 10.2. The third-order valence-corrected chi connectivity index (χ3v) is 4.65. The highest BCUT2D eigenvalue weighted by Gasteiger charge is 2.39. The predicted molar refractivity (Wildman–Crippen MR) is 99.7 cm³/mol. The average molecular weight is 368 g/mol. The van der Waals surface area contributed by atoms with E-state index >= 15 is 0 Å². The van der Waals surface area contributed by atoms with Crippen LogP contribution < -0.4 is 20.1 Å². The van der Waals surface area contributed by atoms with Crippen molar-refractivity contribution in [1.29, 1.82) is 0 Å². The molecule has 1 aliphatic rings. The molecule has 0 spiro atoms. The van der Waals surface area contributed by atoms with E-state index in [9.17, 15) is 4.79 Å². The van der Waals surface area contributed by atoms with Crippen molar-refractivity contribution >= 4 is 17.9 Å². The summed E-state index contributed by atoms with van der Waals surface area (Å²) >= 11 is 1.67. The Morgan fingerprint density at radius 3 is 2.40 bits per heavy atom. The first-order valence-electron chi connectivity index (χ1n) is 8.29. The number of nitrogens with one attached hydrogen (secondary N) is 2. The normalized spacial score (nSPS) is 19.3. The molecule has 1 saturated carbocycles. The molecule has 0 saturated heterocycles. The second-order valence-corrected chi connectivity index (χ2v) is 7.84. The quantitative estimate of drug-likeness (QED) is 0.721. The van der Waals surface area contributed by atoms with Gasteiger partial charge in [-0.15, -0.1) is 11.8 Å². The highest BCUT2D eigenvalue weighted by atomic mass is 32.2. The summed E-state index contributed by atoms with van der Waals surface area (Å²) in [6.07, 6.45) is 2.58. The molecule has 1 fully saturated rings. The molecule has 140 valence electrons. The molecule has 2 unspecified atom stereocenters. The fourth-order valence-corrected chi connectivity index (χ4v) is 3.13. The molecule has 6 nitrogen and oxygen atoms in total. The van der Waals surface area contributed by atoms with Crippen LogP contribution in [0, 0.1) is 0 Å². The van der Waals surface area contributed by atoms with Gasteiger partial charge >= 0.3 is 6.09 Å². The van der Waals surface area contributed by atoms with Crippen molar-refractivity contribution in [2.24, 2.45) is 0 Å². The molecule has 0 aliphatic heterocycles. The van der Waals surface area contributed by atoms with Crippen LogP contribution in [0.15, 0.2) is 17.0 Å². The lowest BCUT2D eigenvalue weighted by Gasteiger charge is -2.19. The number of benzene rings is 1. The molecule has 0 radical (unpaired) electrons. The molecule has 2 N–H and O–H groups in total. The highest BCUT2D eigenvalue weighted by Crippen LogP contribution is 2.35. The molecule has 1 aromatic carbocycles. The van der Waals surface area contributed by atoms with Gasteiger partial charge in [0, 0.05) is 23.5 Å². The Hall–Kier alpha value is -1.60. The molecule has 2 rings (SSSR count). The van der Waals surface area contributed by atoms with Crippen molar-refractivity contribution in [2.45, 2.75) is 56.3 Å². The SMILES string of the molecule is COc1cc(CNC2CC2NC(=O)OC(C)(C)C)c(SC)cc1OC. The first-order chi connectivity index (χ1) is 11.8.